The average Bonchev–Trinajstić information content (AvgIpc) is 2.16. The van der Waals surface area contributed by atoms with E-state index in [0.717, 1.165) is 5.56 Å². The maximum atomic E-state index is 10.1. The van der Waals surface area contributed by atoms with Gasteiger partial charge in [0.25, 0.3) is 5.96 Å². The number of aliphatic imine (C=N–C) groups is 1. The molecule has 0 fully saturated rings. The first kappa shape index (κ1) is 11.9. The molecule has 0 spiro atoms. The van der Waals surface area contributed by atoms with Crippen LogP contribution in [-0.2, 0) is 0 Å². The van der Waals surface area contributed by atoms with Gasteiger partial charge in [0.1, 0.15) is 0 Å². The lowest BCUT2D eigenvalue weighted by atomic mass is 10.1. The number of nitro groups is 1. The minimum atomic E-state index is -0.769. The van der Waals surface area contributed by atoms with Gasteiger partial charge >= 0.3 is 0 Å². The largest absolute Gasteiger partial charge is 0.365 e. The van der Waals surface area contributed by atoms with E-state index in [1.807, 2.05) is 6.92 Å². The highest BCUT2D eigenvalue weighted by atomic mass is 16.7. The van der Waals surface area contributed by atoms with E-state index in [-0.39, 0.29) is 12.0 Å². The zero-order chi connectivity index (χ0) is 12.1. The van der Waals surface area contributed by atoms with Crippen LogP contribution in [0.5, 0.6) is 0 Å². The standard InChI is InChI=1S/C9H13N5O2/c1-6(10)7-2-4-8(5-3-7)12-9(11)13-14(15)16/h2-6H,10H2,1H3,(H3,11,12,13). The average molecular weight is 223 g/mol. The molecule has 0 aliphatic rings. The van der Waals surface area contributed by atoms with Gasteiger partial charge in [-0.3, -0.25) is 0 Å². The number of hydrazine groups is 1. The van der Waals surface area contributed by atoms with Gasteiger partial charge in [-0.15, -0.1) is 0 Å². The van der Waals surface area contributed by atoms with Crippen LogP contribution >= 0.6 is 0 Å². The number of nitrogens with zero attached hydrogens (tertiary/aromatic N) is 2. The van der Waals surface area contributed by atoms with Crippen molar-refractivity contribution in [3.63, 3.8) is 0 Å². The van der Waals surface area contributed by atoms with E-state index >= 15 is 0 Å². The Hall–Kier alpha value is -2.15. The topological polar surface area (TPSA) is 120 Å². The van der Waals surface area contributed by atoms with Crippen LogP contribution in [-0.4, -0.2) is 11.0 Å². The van der Waals surface area contributed by atoms with Crippen LogP contribution in [0.3, 0.4) is 0 Å². The first-order valence-corrected chi connectivity index (χ1v) is 4.60. The summed E-state index contributed by atoms with van der Waals surface area (Å²) in [6, 6.07) is 6.90. The molecule has 0 aliphatic carbocycles. The molecule has 1 aromatic rings. The maximum Gasteiger partial charge on any atom is 0.256 e. The number of guanidine groups is 1. The van der Waals surface area contributed by atoms with E-state index < -0.39 is 5.03 Å². The second-order valence-electron chi connectivity index (χ2n) is 3.25. The molecule has 0 heterocycles. The molecule has 86 valence electrons. The fourth-order valence-corrected chi connectivity index (χ4v) is 1.11. The predicted octanol–water partition coefficient (Wildman–Crippen LogP) is 0.434. The van der Waals surface area contributed by atoms with E-state index in [4.69, 9.17) is 11.5 Å². The summed E-state index contributed by atoms with van der Waals surface area (Å²) in [6.07, 6.45) is 0. The second-order valence-corrected chi connectivity index (χ2v) is 3.25. The summed E-state index contributed by atoms with van der Waals surface area (Å²) in [5, 5.41) is 9.29. The van der Waals surface area contributed by atoms with Crippen LogP contribution in [0.4, 0.5) is 5.69 Å². The molecule has 7 heteroatoms. The third-order valence-corrected chi connectivity index (χ3v) is 1.87. The molecular weight excluding hydrogens is 210 g/mol. The van der Waals surface area contributed by atoms with Crippen molar-refractivity contribution in [1.82, 2.24) is 5.43 Å². The Bertz CT molecular complexity index is 399. The normalized spacial score (nSPS) is 13.2. The highest BCUT2D eigenvalue weighted by molar-refractivity contribution is 5.79. The molecule has 0 saturated heterocycles. The van der Waals surface area contributed by atoms with Crippen LogP contribution < -0.4 is 16.9 Å². The molecule has 0 aromatic heterocycles. The highest BCUT2D eigenvalue weighted by Crippen LogP contribution is 2.16. The number of rotatable bonds is 3. The summed E-state index contributed by atoms with van der Waals surface area (Å²) >= 11 is 0. The van der Waals surface area contributed by atoms with Crippen molar-refractivity contribution in [3.8, 4) is 0 Å². The SMILES string of the molecule is CC(N)c1ccc(N=C(N)N[N+](=O)[O-])cc1. The molecule has 1 aromatic carbocycles. The van der Waals surface area contributed by atoms with Crippen LogP contribution in [0.2, 0.25) is 0 Å². The van der Waals surface area contributed by atoms with Crippen molar-refractivity contribution in [3.05, 3.63) is 39.9 Å². The Morgan fingerprint density at radius 2 is 2.06 bits per heavy atom. The lowest BCUT2D eigenvalue weighted by Crippen LogP contribution is -2.35. The van der Waals surface area contributed by atoms with Crippen molar-refractivity contribution < 1.29 is 5.03 Å². The van der Waals surface area contributed by atoms with Crippen molar-refractivity contribution in [2.45, 2.75) is 13.0 Å². The Kier molecular flexibility index (Phi) is 3.78. The zero-order valence-corrected chi connectivity index (χ0v) is 8.75. The Balaban J connectivity index is 2.78. The summed E-state index contributed by atoms with van der Waals surface area (Å²) in [5.41, 5.74) is 14.2. The van der Waals surface area contributed by atoms with Gasteiger partial charge in [0.05, 0.1) is 5.69 Å². The predicted molar refractivity (Wildman–Crippen MR) is 60.5 cm³/mol. The summed E-state index contributed by atoms with van der Waals surface area (Å²) in [6.45, 7) is 1.86. The first-order valence-electron chi connectivity index (χ1n) is 4.60. The summed E-state index contributed by atoms with van der Waals surface area (Å²) in [7, 11) is 0. The van der Waals surface area contributed by atoms with Crippen LogP contribution in [0.1, 0.15) is 18.5 Å². The van der Waals surface area contributed by atoms with Gasteiger partial charge in [0.2, 0.25) is 0 Å². The second kappa shape index (κ2) is 5.08. The molecular formula is C9H13N5O2. The van der Waals surface area contributed by atoms with Gasteiger partial charge in [0.15, 0.2) is 5.03 Å². The summed E-state index contributed by atoms with van der Waals surface area (Å²) in [5.74, 6) is -0.265. The molecule has 16 heavy (non-hydrogen) atoms. The molecule has 0 aliphatic heterocycles. The van der Waals surface area contributed by atoms with Gasteiger partial charge in [-0.1, -0.05) is 17.6 Å². The van der Waals surface area contributed by atoms with Crippen LogP contribution in [0.15, 0.2) is 29.3 Å². The van der Waals surface area contributed by atoms with Crippen molar-refractivity contribution >= 4 is 11.6 Å². The number of hydrogen-bond acceptors (Lipinski definition) is 4. The van der Waals surface area contributed by atoms with E-state index in [2.05, 4.69) is 4.99 Å². The molecule has 0 bridgehead atoms. The quantitative estimate of drug-likeness (QED) is 0.297. The van der Waals surface area contributed by atoms with Crippen molar-refractivity contribution in [2.75, 3.05) is 0 Å². The number of benzene rings is 1. The van der Waals surface area contributed by atoms with Crippen molar-refractivity contribution in [1.29, 1.82) is 0 Å². The molecule has 5 N–H and O–H groups in total. The third kappa shape index (κ3) is 3.54. The van der Waals surface area contributed by atoms with Gasteiger partial charge < -0.3 is 11.5 Å². The Morgan fingerprint density at radius 3 is 2.50 bits per heavy atom. The lowest BCUT2D eigenvalue weighted by molar-refractivity contribution is -0.525. The van der Waals surface area contributed by atoms with Crippen LogP contribution in [0, 0.1) is 10.1 Å². The summed E-state index contributed by atoms with van der Waals surface area (Å²) < 4.78 is 0. The lowest BCUT2D eigenvalue weighted by Gasteiger charge is -2.04. The number of nitrogens with two attached hydrogens (primary N) is 2. The fourth-order valence-electron chi connectivity index (χ4n) is 1.11. The molecule has 0 radical (unpaired) electrons. The minimum Gasteiger partial charge on any atom is -0.365 e. The summed E-state index contributed by atoms with van der Waals surface area (Å²) in [4.78, 5) is 13.9. The van der Waals surface area contributed by atoms with E-state index in [1.165, 1.54) is 0 Å². The third-order valence-electron chi connectivity index (χ3n) is 1.87. The fraction of sp³-hybridized carbons (Fsp3) is 0.222. The van der Waals surface area contributed by atoms with E-state index in [1.54, 1.807) is 29.7 Å². The molecule has 0 amide bonds. The maximum absolute atomic E-state index is 10.1. The van der Waals surface area contributed by atoms with Gasteiger partial charge in [-0.2, -0.15) is 0 Å². The van der Waals surface area contributed by atoms with Gasteiger partial charge in [-0.05, 0) is 24.6 Å². The molecule has 1 rings (SSSR count). The Morgan fingerprint density at radius 1 is 1.50 bits per heavy atom. The van der Waals surface area contributed by atoms with Gasteiger partial charge in [0, 0.05) is 6.04 Å². The zero-order valence-electron chi connectivity index (χ0n) is 8.75. The van der Waals surface area contributed by atoms with Gasteiger partial charge in [-0.25, -0.2) is 15.1 Å². The molecule has 7 nitrogen and oxygen atoms in total. The molecule has 1 unspecified atom stereocenters. The van der Waals surface area contributed by atoms with Crippen LogP contribution in [0.25, 0.3) is 0 Å². The molecule has 1 atom stereocenters. The minimum absolute atomic E-state index is 0.0627. The van der Waals surface area contributed by atoms with E-state index in [9.17, 15) is 10.1 Å². The van der Waals surface area contributed by atoms with Crippen molar-refractivity contribution in [2.24, 2.45) is 16.5 Å². The monoisotopic (exact) mass is 223 g/mol. The molecule has 0 saturated carbocycles. The van der Waals surface area contributed by atoms with E-state index in [0.29, 0.717) is 5.69 Å². The highest BCUT2D eigenvalue weighted by Gasteiger charge is 2.01. The number of hydrogen-bond donors (Lipinski definition) is 3. The smallest absolute Gasteiger partial charge is 0.256 e. The number of nitrogens with one attached hydrogen (secondary N) is 1. The first-order chi connectivity index (χ1) is 7.49. The Labute approximate surface area is 92.3 Å².